The van der Waals surface area contributed by atoms with Crippen LogP contribution >= 0.6 is 0 Å². The molecule has 17 heavy (non-hydrogen) atoms. The van der Waals surface area contributed by atoms with Gasteiger partial charge in [0, 0.05) is 18.8 Å². The van der Waals surface area contributed by atoms with Crippen molar-refractivity contribution in [2.24, 2.45) is 0 Å². The Morgan fingerprint density at radius 1 is 1.59 bits per heavy atom. The number of carboxylic acid groups (broad SMARTS) is 1. The van der Waals surface area contributed by atoms with Crippen LogP contribution in [-0.4, -0.2) is 34.8 Å². The third-order valence-corrected chi connectivity index (χ3v) is 2.46. The minimum absolute atomic E-state index is 0.362. The lowest BCUT2D eigenvalue weighted by Crippen LogP contribution is -2.23. The molecular formula is C11H13N3O3. The van der Waals surface area contributed by atoms with E-state index in [1.165, 1.54) is 0 Å². The molecule has 0 radical (unpaired) electrons. The lowest BCUT2D eigenvalue weighted by atomic mass is 10.2. The van der Waals surface area contributed by atoms with Gasteiger partial charge in [-0.3, -0.25) is 0 Å². The number of carbonyl (C=O) groups is 1. The molecule has 0 bridgehead atoms. The number of methoxy groups -OCH3 is 1. The van der Waals surface area contributed by atoms with E-state index in [4.69, 9.17) is 9.84 Å². The largest absolute Gasteiger partial charge is 0.481 e. The van der Waals surface area contributed by atoms with Crippen molar-refractivity contribution >= 4 is 17.1 Å². The van der Waals surface area contributed by atoms with Crippen LogP contribution in [-0.2, 0) is 6.42 Å². The topological polar surface area (TPSA) is 87.2 Å². The molecule has 0 fully saturated rings. The molecule has 0 atom stereocenters. The van der Waals surface area contributed by atoms with Crippen molar-refractivity contribution in [2.75, 3.05) is 13.7 Å². The van der Waals surface area contributed by atoms with Crippen LogP contribution in [0.5, 0.6) is 5.88 Å². The van der Waals surface area contributed by atoms with Gasteiger partial charge in [0.2, 0.25) is 5.88 Å². The van der Waals surface area contributed by atoms with Crippen molar-refractivity contribution in [3.05, 3.63) is 23.9 Å². The lowest BCUT2D eigenvalue weighted by molar-refractivity contribution is 0.194. The summed E-state index contributed by atoms with van der Waals surface area (Å²) in [5, 5.41) is 10.8. The van der Waals surface area contributed by atoms with Crippen molar-refractivity contribution in [1.82, 2.24) is 15.3 Å². The number of hydrogen-bond acceptors (Lipinski definition) is 3. The van der Waals surface area contributed by atoms with Gasteiger partial charge in [-0.05, 0) is 18.1 Å². The number of nitrogens with zero attached hydrogens (tertiary/aromatic N) is 1. The summed E-state index contributed by atoms with van der Waals surface area (Å²) in [7, 11) is 1.56. The van der Waals surface area contributed by atoms with Crippen LogP contribution in [0.1, 0.15) is 5.56 Å². The van der Waals surface area contributed by atoms with Gasteiger partial charge in [-0.1, -0.05) is 0 Å². The Labute approximate surface area is 97.6 Å². The maximum atomic E-state index is 10.3. The molecule has 3 N–H and O–H groups in total. The predicted molar refractivity (Wildman–Crippen MR) is 62.4 cm³/mol. The SMILES string of the molecule is COc1ccc2[nH]cc(CCNC(=O)O)c2n1. The first-order valence-electron chi connectivity index (χ1n) is 5.18. The molecule has 0 saturated heterocycles. The Bertz CT molecular complexity index is 536. The first kappa shape index (κ1) is 11.3. The smallest absolute Gasteiger partial charge is 0.404 e. The standard InChI is InChI=1S/C11H13N3O3/c1-17-9-3-2-8-10(14-9)7(6-13-8)4-5-12-11(15)16/h2-3,6,12-13H,4-5H2,1H3,(H,15,16). The van der Waals surface area contributed by atoms with Crippen molar-refractivity contribution in [3.63, 3.8) is 0 Å². The summed E-state index contributed by atoms with van der Waals surface area (Å²) in [5.74, 6) is 0.546. The number of hydrogen-bond donors (Lipinski definition) is 3. The molecule has 0 aliphatic heterocycles. The molecule has 2 heterocycles. The highest BCUT2D eigenvalue weighted by Gasteiger charge is 2.06. The molecular weight excluding hydrogens is 222 g/mol. The summed E-state index contributed by atoms with van der Waals surface area (Å²) in [6.07, 6.45) is 1.41. The van der Waals surface area contributed by atoms with E-state index in [1.54, 1.807) is 13.2 Å². The number of fused-ring (bicyclic) bond motifs is 1. The summed E-state index contributed by atoms with van der Waals surface area (Å²) in [6.45, 7) is 0.362. The van der Waals surface area contributed by atoms with Crippen molar-refractivity contribution < 1.29 is 14.6 Å². The van der Waals surface area contributed by atoms with E-state index in [0.29, 0.717) is 18.8 Å². The Kier molecular flexibility index (Phi) is 3.13. The third kappa shape index (κ3) is 2.47. The molecule has 2 aromatic heterocycles. The Morgan fingerprint density at radius 2 is 2.41 bits per heavy atom. The van der Waals surface area contributed by atoms with E-state index in [1.807, 2.05) is 12.3 Å². The van der Waals surface area contributed by atoms with Crippen LogP contribution in [0.25, 0.3) is 11.0 Å². The third-order valence-electron chi connectivity index (χ3n) is 2.46. The van der Waals surface area contributed by atoms with Gasteiger partial charge in [-0.15, -0.1) is 0 Å². The Morgan fingerprint density at radius 3 is 3.12 bits per heavy atom. The number of pyridine rings is 1. The summed E-state index contributed by atoms with van der Waals surface area (Å²) in [5.41, 5.74) is 2.69. The molecule has 2 rings (SSSR count). The van der Waals surface area contributed by atoms with E-state index in [-0.39, 0.29) is 0 Å². The molecule has 1 amide bonds. The molecule has 0 aliphatic rings. The van der Waals surface area contributed by atoms with E-state index in [0.717, 1.165) is 16.6 Å². The number of nitrogens with one attached hydrogen (secondary N) is 2. The maximum Gasteiger partial charge on any atom is 0.404 e. The van der Waals surface area contributed by atoms with Crippen LogP contribution in [0.4, 0.5) is 4.79 Å². The molecule has 0 aliphatic carbocycles. The average Bonchev–Trinajstić information content (AvgIpc) is 2.71. The van der Waals surface area contributed by atoms with Crippen LogP contribution in [0, 0.1) is 0 Å². The quantitative estimate of drug-likeness (QED) is 0.747. The zero-order valence-electron chi connectivity index (χ0n) is 9.36. The minimum Gasteiger partial charge on any atom is -0.481 e. The van der Waals surface area contributed by atoms with Gasteiger partial charge in [0.25, 0.3) is 0 Å². The second-order valence-corrected chi connectivity index (χ2v) is 3.55. The molecule has 6 nitrogen and oxygen atoms in total. The van der Waals surface area contributed by atoms with Gasteiger partial charge in [-0.25, -0.2) is 9.78 Å². The molecule has 90 valence electrons. The lowest BCUT2D eigenvalue weighted by Gasteiger charge is -2.01. The average molecular weight is 235 g/mol. The van der Waals surface area contributed by atoms with Crippen LogP contribution in [0.2, 0.25) is 0 Å². The number of ether oxygens (including phenoxy) is 1. The van der Waals surface area contributed by atoms with Crippen LogP contribution in [0.3, 0.4) is 0 Å². The predicted octanol–water partition coefficient (Wildman–Crippen LogP) is 1.38. The summed E-state index contributed by atoms with van der Waals surface area (Å²) in [6, 6.07) is 3.66. The van der Waals surface area contributed by atoms with Crippen molar-refractivity contribution in [3.8, 4) is 5.88 Å². The van der Waals surface area contributed by atoms with Gasteiger partial charge < -0.3 is 20.1 Å². The van der Waals surface area contributed by atoms with Gasteiger partial charge in [-0.2, -0.15) is 0 Å². The maximum absolute atomic E-state index is 10.3. The molecule has 6 heteroatoms. The summed E-state index contributed by atoms with van der Waals surface area (Å²) < 4.78 is 5.05. The number of rotatable bonds is 4. The highest BCUT2D eigenvalue weighted by atomic mass is 16.5. The fourth-order valence-corrected chi connectivity index (χ4v) is 1.64. The number of aromatic amines is 1. The molecule has 0 saturated carbocycles. The van der Waals surface area contributed by atoms with Gasteiger partial charge in [0.05, 0.1) is 18.1 Å². The minimum atomic E-state index is -1.02. The first-order chi connectivity index (χ1) is 8.20. The number of aromatic nitrogens is 2. The number of amides is 1. The Hall–Kier alpha value is -2.24. The molecule has 2 aromatic rings. The zero-order chi connectivity index (χ0) is 12.3. The van der Waals surface area contributed by atoms with Crippen LogP contribution in [0.15, 0.2) is 18.3 Å². The van der Waals surface area contributed by atoms with Gasteiger partial charge >= 0.3 is 6.09 Å². The zero-order valence-corrected chi connectivity index (χ0v) is 9.36. The van der Waals surface area contributed by atoms with E-state index in [9.17, 15) is 4.79 Å². The second-order valence-electron chi connectivity index (χ2n) is 3.55. The Balaban J connectivity index is 2.19. The van der Waals surface area contributed by atoms with E-state index < -0.39 is 6.09 Å². The normalized spacial score (nSPS) is 10.4. The van der Waals surface area contributed by atoms with Crippen molar-refractivity contribution in [2.45, 2.75) is 6.42 Å². The van der Waals surface area contributed by atoms with Crippen molar-refractivity contribution in [1.29, 1.82) is 0 Å². The fraction of sp³-hybridized carbons (Fsp3) is 0.273. The fourth-order valence-electron chi connectivity index (χ4n) is 1.64. The number of H-pyrrole nitrogens is 1. The van der Waals surface area contributed by atoms with E-state index in [2.05, 4.69) is 15.3 Å². The van der Waals surface area contributed by atoms with E-state index >= 15 is 0 Å². The second kappa shape index (κ2) is 4.73. The molecule has 0 aromatic carbocycles. The highest BCUT2D eigenvalue weighted by Crippen LogP contribution is 2.19. The van der Waals surface area contributed by atoms with Crippen LogP contribution < -0.4 is 10.1 Å². The summed E-state index contributed by atoms with van der Waals surface area (Å²) >= 11 is 0. The first-order valence-corrected chi connectivity index (χ1v) is 5.18. The van der Waals surface area contributed by atoms with Gasteiger partial charge in [0.1, 0.15) is 0 Å². The van der Waals surface area contributed by atoms with Gasteiger partial charge in [0.15, 0.2) is 0 Å². The molecule has 0 spiro atoms. The highest BCUT2D eigenvalue weighted by molar-refractivity contribution is 5.79. The molecule has 0 unspecified atom stereocenters. The summed E-state index contributed by atoms with van der Waals surface area (Å²) in [4.78, 5) is 17.7. The monoisotopic (exact) mass is 235 g/mol.